The van der Waals surface area contributed by atoms with Crippen LogP contribution >= 0.6 is 0 Å². The van der Waals surface area contributed by atoms with Gasteiger partial charge in [-0.25, -0.2) is 15.2 Å². The van der Waals surface area contributed by atoms with Gasteiger partial charge in [0.25, 0.3) is 0 Å². The SMILES string of the molecule is CC1(C)ON=C(c2cccc(C(F)(F)F)c2)N1NC(=O)Nc1ccccc1. The molecule has 1 heterocycles. The highest BCUT2D eigenvalue weighted by Gasteiger charge is 2.40. The van der Waals surface area contributed by atoms with Crippen molar-refractivity contribution >= 4 is 17.6 Å². The molecule has 9 heteroatoms. The van der Waals surface area contributed by atoms with E-state index in [9.17, 15) is 18.0 Å². The molecule has 0 unspecified atom stereocenters. The Morgan fingerprint density at radius 2 is 1.81 bits per heavy atom. The van der Waals surface area contributed by atoms with Gasteiger partial charge in [-0.1, -0.05) is 35.5 Å². The fraction of sp³-hybridized carbons (Fsp3) is 0.222. The summed E-state index contributed by atoms with van der Waals surface area (Å²) >= 11 is 0. The first-order chi connectivity index (χ1) is 12.7. The lowest BCUT2D eigenvalue weighted by Crippen LogP contribution is -2.55. The highest BCUT2D eigenvalue weighted by molar-refractivity contribution is 6.01. The molecule has 0 fully saturated rings. The summed E-state index contributed by atoms with van der Waals surface area (Å²) in [6.45, 7) is 3.25. The number of rotatable bonds is 3. The second-order valence-electron chi connectivity index (χ2n) is 6.30. The molecule has 1 aliphatic heterocycles. The van der Waals surface area contributed by atoms with Crippen molar-refractivity contribution in [1.82, 2.24) is 10.4 Å². The van der Waals surface area contributed by atoms with E-state index in [0.717, 1.165) is 12.1 Å². The van der Waals surface area contributed by atoms with Gasteiger partial charge in [0.15, 0.2) is 5.84 Å². The Morgan fingerprint density at radius 3 is 2.48 bits per heavy atom. The van der Waals surface area contributed by atoms with Crippen molar-refractivity contribution in [1.29, 1.82) is 0 Å². The number of hydrogen-bond donors (Lipinski definition) is 2. The molecule has 0 radical (unpaired) electrons. The van der Waals surface area contributed by atoms with Crippen LogP contribution in [0.2, 0.25) is 0 Å². The maximum Gasteiger partial charge on any atom is 0.416 e. The van der Waals surface area contributed by atoms with Crippen LogP contribution in [0.5, 0.6) is 0 Å². The van der Waals surface area contributed by atoms with Crippen LogP contribution in [-0.2, 0) is 11.0 Å². The Morgan fingerprint density at radius 1 is 1.11 bits per heavy atom. The number of para-hydroxylation sites is 1. The maximum atomic E-state index is 13.0. The first-order valence-electron chi connectivity index (χ1n) is 8.03. The number of carbonyl (C=O) groups is 1. The first-order valence-corrected chi connectivity index (χ1v) is 8.03. The third-order valence-corrected chi connectivity index (χ3v) is 3.80. The highest BCUT2D eigenvalue weighted by atomic mass is 19.4. The third kappa shape index (κ3) is 4.13. The van der Waals surface area contributed by atoms with Gasteiger partial charge in [0.05, 0.1) is 5.56 Å². The van der Waals surface area contributed by atoms with Crippen LogP contribution in [0.3, 0.4) is 0 Å². The van der Waals surface area contributed by atoms with E-state index >= 15 is 0 Å². The summed E-state index contributed by atoms with van der Waals surface area (Å²) in [5.74, 6) is 0.0642. The van der Waals surface area contributed by atoms with Gasteiger partial charge in [-0.3, -0.25) is 0 Å². The number of oxime groups is 1. The number of amides is 2. The zero-order valence-corrected chi connectivity index (χ0v) is 14.5. The Bertz CT molecular complexity index is 866. The average Bonchev–Trinajstić information content (AvgIpc) is 2.90. The van der Waals surface area contributed by atoms with Gasteiger partial charge in [-0.2, -0.15) is 13.2 Å². The quantitative estimate of drug-likeness (QED) is 0.842. The van der Waals surface area contributed by atoms with Crippen LogP contribution in [-0.4, -0.2) is 22.6 Å². The standard InChI is InChI=1S/C18H17F3N4O2/c1-17(2)25(23-16(26)22-14-9-4-3-5-10-14)15(24-27-17)12-7-6-8-13(11-12)18(19,20)21/h3-11H,1-2H3,(H2,22,23,26). The van der Waals surface area contributed by atoms with Gasteiger partial charge in [0.1, 0.15) is 0 Å². The van der Waals surface area contributed by atoms with E-state index < -0.39 is 23.5 Å². The molecular formula is C18H17F3N4O2. The number of urea groups is 1. The maximum absolute atomic E-state index is 13.0. The van der Waals surface area contributed by atoms with E-state index in [2.05, 4.69) is 15.9 Å². The lowest BCUT2D eigenvalue weighted by atomic mass is 10.1. The molecular weight excluding hydrogens is 361 g/mol. The second kappa shape index (κ2) is 6.82. The molecule has 0 saturated carbocycles. The van der Waals surface area contributed by atoms with Crippen molar-refractivity contribution in [3.63, 3.8) is 0 Å². The zero-order valence-electron chi connectivity index (χ0n) is 14.5. The zero-order chi connectivity index (χ0) is 19.7. The minimum atomic E-state index is -4.49. The molecule has 0 aromatic heterocycles. The smallest absolute Gasteiger partial charge is 0.364 e. The van der Waals surface area contributed by atoms with Gasteiger partial charge in [0, 0.05) is 11.3 Å². The Balaban J connectivity index is 1.82. The lowest BCUT2D eigenvalue weighted by Gasteiger charge is -2.31. The molecule has 1 aliphatic rings. The highest BCUT2D eigenvalue weighted by Crippen LogP contribution is 2.31. The first kappa shape index (κ1) is 18.6. The lowest BCUT2D eigenvalue weighted by molar-refractivity contribution is -0.137. The van der Waals surface area contributed by atoms with Gasteiger partial charge in [0.2, 0.25) is 5.72 Å². The minimum absolute atomic E-state index is 0.0642. The Hall–Kier alpha value is -3.23. The average molecular weight is 378 g/mol. The van der Waals surface area contributed by atoms with Crippen molar-refractivity contribution < 1.29 is 22.8 Å². The molecule has 0 aliphatic carbocycles. The molecule has 142 valence electrons. The van der Waals surface area contributed by atoms with Crippen molar-refractivity contribution in [3.05, 3.63) is 65.7 Å². The number of alkyl halides is 3. The van der Waals surface area contributed by atoms with E-state index in [-0.39, 0.29) is 11.4 Å². The summed E-state index contributed by atoms with van der Waals surface area (Å²) in [6.07, 6.45) is -4.49. The molecule has 3 rings (SSSR count). The molecule has 2 N–H and O–H groups in total. The summed E-state index contributed by atoms with van der Waals surface area (Å²) in [7, 11) is 0. The predicted molar refractivity (Wildman–Crippen MR) is 93.6 cm³/mol. The summed E-state index contributed by atoms with van der Waals surface area (Å²) in [5.41, 5.74) is 1.39. The number of nitrogens with zero attached hydrogens (tertiary/aromatic N) is 2. The summed E-state index contributed by atoms with van der Waals surface area (Å²) in [5, 5.41) is 7.77. The van der Waals surface area contributed by atoms with Gasteiger partial charge >= 0.3 is 12.2 Å². The van der Waals surface area contributed by atoms with E-state index in [0.29, 0.717) is 5.69 Å². The molecule has 6 nitrogen and oxygen atoms in total. The molecule has 0 spiro atoms. The van der Waals surface area contributed by atoms with E-state index in [1.807, 2.05) is 0 Å². The van der Waals surface area contributed by atoms with Crippen LogP contribution in [0.4, 0.5) is 23.7 Å². The van der Waals surface area contributed by atoms with Crippen molar-refractivity contribution in [3.8, 4) is 0 Å². The molecule has 2 aromatic carbocycles. The Kier molecular flexibility index (Phi) is 4.69. The van der Waals surface area contributed by atoms with E-state index in [4.69, 9.17) is 4.84 Å². The summed E-state index contributed by atoms with van der Waals surface area (Å²) in [4.78, 5) is 17.6. The minimum Gasteiger partial charge on any atom is -0.364 e. The van der Waals surface area contributed by atoms with Crippen LogP contribution in [0.25, 0.3) is 0 Å². The Labute approximate surface area is 153 Å². The van der Waals surface area contributed by atoms with Crippen LogP contribution in [0, 0.1) is 0 Å². The molecule has 27 heavy (non-hydrogen) atoms. The van der Waals surface area contributed by atoms with E-state index in [1.165, 1.54) is 17.1 Å². The van der Waals surface area contributed by atoms with Crippen molar-refractivity contribution in [2.45, 2.75) is 25.7 Å². The number of anilines is 1. The van der Waals surface area contributed by atoms with Crippen LogP contribution < -0.4 is 10.7 Å². The number of carbonyl (C=O) groups excluding carboxylic acids is 1. The van der Waals surface area contributed by atoms with E-state index in [1.54, 1.807) is 44.2 Å². The monoisotopic (exact) mass is 378 g/mol. The largest absolute Gasteiger partial charge is 0.416 e. The summed E-state index contributed by atoms with van der Waals surface area (Å²) in [6, 6.07) is 12.8. The number of nitrogens with one attached hydrogen (secondary N) is 2. The normalized spacial score (nSPS) is 15.7. The fourth-order valence-electron chi connectivity index (χ4n) is 2.48. The number of halogens is 3. The van der Waals surface area contributed by atoms with Gasteiger partial charge < -0.3 is 10.2 Å². The number of benzene rings is 2. The fourth-order valence-corrected chi connectivity index (χ4v) is 2.48. The topological polar surface area (TPSA) is 66.0 Å². The molecule has 2 amide bonds. The number of hydrogen-bond acceptors (Lipinski definition) is 4. The van der Waals surface area contributed by atoms with Crippen molar-refractivity contribution in [2.75, 3.05) is 5.32 Å². The molecule has 0 atom stereocenters. The molecule has 0 saturated heterocycles. The van der Waals surface area contributed by atoms with Gasteiger partial charge in [-0.15, -0.1) is 0 Å². The van der Waals surface area contributed by atoms with Crippen LogP contribution in [0.15, 0.2) is 59.8 Å². The second-order valence-corrected chi connectivity index (χ2v) is 6.30. The third-order valence-electron chi connectivity index (χ3n) is 3.80. The number of amidine groups is 1. The predicted octanol–water partition coefficient (Wildman–Crippen LogP) is 4.17. The van der Waals surface area contributed by atoms with Crippen molar-refractivity contribution in [2.24, 2.45) is 5.16 Å². The number of hydrazine groups is 1. The van der Waals surface area contributed by atoms with Crippen LogP contribution in [0.1, 0.15) is 25.0 Å². The summed E-state index contributed by atoms with van der Waals surface area (Å²) < 4.78 is 39.0. The molecule has 0 bridgehead atoms. The van der Waals surface area contributed by atoms with Gasteiger partial charge in [-0.05, 0) is 38.1 Å². The molecule has 2 aromatic rings.